The lowest BCUT2D eigenvalue weighted by Gasteiger charge is -2.07. The van der Waals surface area contributed by atoms with Crippen molar-refractivity contribution in [1.29, 1.82) is 0 Å². The van der Waals surface area contributed by atoms with Gasteiger partial charge in [-0.25, -0.2) is 4.79 Å². The molecule has 2 aromatic carbocycles. The summed E-state index contributed by atoms with van der Waals surface area (Å²) in [7, 11) is 0. The van der Waals surface area contributed by atoms with Crippen molar-refractivity contribution in [3.63, 3.8) is 0 Å². The topological polar surface area (TPSA) is 92.4 Å². The van der Waals surface area contributed by atoms with E-state index in [1.165, 1.54) is 18.2 Å². The third-order valence-electron chi connectivity index (χ3n) is 2.58. The molecule has 2 aromatic rings. The van der Waals surface area contributed by atoms with E-state index in [2.05, 4.69) is 5.32 Å². The molecule has 5 heteroatoms. The minimum absolute atomic E-state index is 0.0827. The van der Waals surface area contributed by atoms with Crippen molar-refractivity contribution >= 4 is 23.3 Å². The molecule has 0 fully saturated rings. The SMILES string of the molecule is Nc1ccc(C(=O)Nc2ccccc2)cc1C(=O)O. The molecule has 4 N–H and O–H groups in total. The minimum Gasteiger partial charge on any atom is -0.478 e. The number of nitrogen functional groups attached to an aromatic ring is 1. The Morgan fingerprint density at radius 1 is 1.05 bits per heavy atom. The fourth-order valence-corrected chi connectivity index (χ4v) is 1.61. The van der Waals surface area contributed by atoms with E-state index in [1.807, 2.05) is 6.07 Å². The molecule has 0 heterocycles. The molecule has 0 atom stereocenters. The van der Waals surface area contributed by atoms with Crippen LogP contribution < -0.4 is 11.1 Å². The normalized spacial score (nSPS) is 9.89. The van der Waals surface area contributed by atoms with Crippen LogP contribution in [0.3, 0.4) is 0 Å². The number of rotatable bonds is 3. The highest BCUT2D eigenvalue weighted by Gasteiger charge is 2.12. The summed E-state index contributed by atoms with van der Waals surface area (Å²) in [6, 6.07) is 13.1. The van der Waals surface area contributed by atoms with E-state index in [0.29, 0.717) is 5.69 Å². The number of nitrogens with one attached hydrogen (secondary N) is 1. The Labute approximate surface area is 109 Å². The van der Waals surface area contributed by atoms with Crippen molar-refractivity contribution in [1.82, 2.24) is 0 Å². The van der Waals surface area contributed by atoms with Crippen LogP contribution in [0.15, 0.2) is 48.5 Å². The second kappa shape index (κ2) is 5.22. The average Bonchev–Trinajstić information content (AvgIpc) is 2.40. The summed E-state index contributed by atoms with van der Waals surface area (Å²) in [6.07, 6.45) is 0. The quantitative estimate of drug-likeness (QED) is 0.734. The number of hydrogen-bond donors (Lipinski definition) is 3. The number of carbonyl (C=O) groups excluding carboxylic acids is 1. The number of anilines is 2. The molecule has 0 saturated heterocycles. The van der Waals surface area contributed by atoms with Gasteiger partial charge in [0.1, 0.15) is 0 Å². The molecule has 0 aliphatic carbocycles. The van der Waals surface area contributed by atoms with Crippen LogP contribution in [0.2, 0.25) is 0 Å². The maximum atomic E-state index is 12.0. The number of hydrogen-bond acceptors (Lipinski definition) is 3. The van der Waals surface area contributed by atoms with Crippen LogP contribution >= 0.6 is 0 Å². The van der Waals surface area contributed by atoms with Gasteiger partial charge in [-0.1, -0.05) is 18.2 Å². The molecule has 0 radical (unpaired) electrons. The maximum Gasteiger partial charge on any atom is 0.337 e. The van der Waals surface area contributed by atoms with Crippen LogP contribution in [0.1, 0.15) is 20.7 Å². The van der Waals surface area contributed by atoms with Crippen molar-refractivity contribution < 1.29 is 14.7 Å². The monoisotopic (exact) mass is 256 g/mol. The maximum absolute atomic E-state index is 12.0. The Kier molecular flexibility index (Phi) is 3.47. The number of carboxylic acids is 1. The molecular weight excluding hydrogens is 244 g/mol. The summed E-state index contributed by atoms with van der Waals surface area (Å²) in [4.78, 5) is 22.9. The Hall–Kier alpha value is -2.82. The van der Waals surface area contributed by atoms with Gasteiger partial charge >= 0.3 is 5.97 Å². The molecule has 0 unspecified atom stereocenters. The number of aromatic carboxylic acids is 1. The summed E-state index contributed by atoms with van der Waals surface area (Å²) in [5.74, 6) is -1.54. The predicted molar refractivity (Wildman–Crippen MR) is 72.2 cm³/mol. The van der Waals surface area contributed by atoms with Crippen molar-refractivity contribution in [2.45, 2.75) is 0 Å². The highest BCUT2D eigenvalue weighted by molar-refractivity contribution is 6.06. The van der Waals surface area contributed by atoms with Gasteiger partial charge in [0.05, 0.1) is 5.56 Å². The van der Waals surface area contributed by atoms with Gasteiger partial charge in [0, 0.05) is 16.9 Å². The first kappa shape index (κ1) is 12.6. The number of carbonyl (C=O) groups is 2. The first-order chi connectivity index (χ1) is 9.08. The molecule has 0 aliphatic heterocycles. The number of benzene rings is 2. The summed E-state index contributed by atoms with van der Waals surface area (Å²) < 4.78 is 0. The minimum atomic E-state index is -1.16. The molecule has 5 nitrogen and oxygen atoms in total. The van der Waals surface area contributed by atoms with Gasteiger partial charge in [0.2, 0.25) is 0 Å². The van der Waals surface area contributed by atoms with E-state index < -0.39 is 5.97 Å². The Morgan fingerprint density at radius 2 is 1.74 bits per heavy atom. The van der Waals surface area contributed by atoms with Crippen molar-refractivity contribution in [2.75, 3.05) is 11.1 Å². The van der Waals surface area contributed by atoms with Gasteiger partial charge in [-0.15, -0.1) is 0 Å². The standard InChI is InChI=1S/C14H12N2O3/c15-12-7-6-9(8-11(12)14(18)19)13(17)16-10-4-2-1-3-5-10/h1-8H,15H2,(H,16,17)(H,18,19). The molecule has 96 valence electrons. The zero-order valence-corrected chi connectivity index (χ0v) is 9.96. The molecular formula is C14H12N2O3. The van der Waals surface area contributed by atoms with Crippen LogP contribution in [0, 0.1) is 0 Å². The summed E-state index contributed by atoms with van der Waals surface area (Å²) in [6.45, 7) is 0. The van der Waals surface area contributed by atoms with Crippen LogP contribution in [0.25, 0.3) is 0 Å². The largest absolute Gasteiger partial charge is 0.478 e. The molecule has 0 bridgehead atoms. The summed E-state index contributed by atoms with van der Waals surface area (Å²) >= 11 is 0. The Balaban J connectivity index is 2.25. The molecule has 19 heavy (non-hydrogen) atoms. The van der Waals surface area contributed by atoms with E-state index in [1.54, 1.807) is 24.3 Å². The van der Waals surface area contributed by atoms with Crippen LogP contribution in [0.4, 0.5) is 11.4 Å². The van der Waals surface area contributed by atoms with Crippen molar-refractivity contribution in [2.24, 2.45) is 0 Å². The molecule has 0 aliphatic rings. The van der Waals surface area contributed by atoms with Gasteiger partial charge in [0.25, 0.3) is 5.91 Å². The smallest absolute Gasteiger partial charge is 0.337 e. The lowest BCUT2D eigenvalue weighted by molar-refractivity contribution is 0.0698. The first-order valence-electron chi connectivity index (χ1n) is 5.57. The lowest BCUT2D eigenvalue weighted by Crippen LogP contribution is -2.13. The number of carboxylic acid groups (broad SMARTS) is 1. The van der Waals surface area contributed by atoms with Gasteiger partial charge in [-0.2, -0.15) is 0 Å². The highest BCUT2D eigenvalue weighted by Crippen LogP contribution is 2.16. The Morgan fingerprint density at radius 3 is 2.37 bits per heavy atom. The van der Waals surface area contributed by atoms with Crippen LogP contribution in [-0.4, -0.2) is 17.0 Å². The van der Waals surface area contributed by atoms with Gasteiger partial charge < -0.3 is 16.2 Å². The van der Waals surface area contributed by atoms with Gasteiger partial charge in [0.15, 0.2) is 0 Å². The van der Waals surface area contributed by atoms with Crippen molar-refractivity contribution in [3.05, 3.63) is 59.7 Å². The zero-order chi connectivity index (χ0) is 13.8. The zero-order valence-electron chi connectivity index (χ0n) is 9.96. The second-order valence-corrected chi connectivity index (χ2v) is 3.93. The third kappa shape index (κ3) is 2.90. The number of amides is 1. The number of para-hydroxylation sites is 1. The molecule has 0 spiro atoms. The van der Waals surface area contributed by atoms with E-state index in [4.69, 9.17) is 10.8 Å². The molecule has 0 saturated carbocycles. The Bertz CT molecular complexity index is 624. The van der Waals surface area contributed by atoms with Gasteiger partial charge in [-0.05, 0) is 30.3 Å². The van der Waals surface area contributed by atoms with E-state index in [9.17, 15) is 9.59 Å². The lowest BCUT2D eigenvalue weighted by atomic mass is 10.1. The van der Waals surface area contributed by atoms with E-state index >= 15 is 0 Å². The highest BCUT2D eigenvalue weighted by atomic mass is 16.4. The van der Waals surface area contributed by atoms with Crippen LogP contribution in [0.5, 0.6) is 0 Å². The summed E-state index contributed by atoms with van der Waals surface area (Å²) in [5, 5.41) is 11.6. The summed E-state index contributed by atoms with van der Waals surface area (Å²) in [5.41, 5.74) is 6.46. The average molecular weight is 256 g/mol. The van der Waals surface area contributed by atoms with E-state index in [-0.39, 0.29) is 22.7 Å². The predicted octanol–water partition coefficient (Wildman–Crippen LogP) is 2.22. The first-order valence-corrected chi connectivity index (χ1v) is 5.57. The molecule has 2 rings (SSSR count). The van der Waals surface area contributed by atoms with E-state index in [0.717, 1.165) is 0 Å². The second-order valence-electron chi connectivity index (χ2n) is 3.93. The van der Waals surface area contributed by atoms with Crippen molar-refractivity contribution in [3.8, 4) is 0 Å². The van der Waals surface area contributed by atoms with Gasteiger partial charge in [-0.3, -0.25) is 4.79 Å². The van der Waals surface area contributed by atoms with Crippen LogP contribution in [-0.2, 0) is 0 Å². The molecule has 1 amide bonds. The fraction of sp³-hybridized carbons (Fsp3) is 0. The number of nitrogens with two attached hydrogens (primary N) is 1. The third-order valence-corrected chi connectivity index (χ3v) is 2.58. The fourth-order valence-electron chi connectivity index (χ4n) is 1.61. The molecule has 0 aromatic heterocycles.